The number of rotatable bonds is 8. The van der Waals surface area contributed by atoms with Gasteiger partial charge >= 0.3 is 0 Å². The average Bonchev–Trinajstić information content (AvgIpc) is 2.38. The topological polar surface area (TPSA) is 86.8 Å². The van der Waals surface area contributed by atoms with Crippen LogP contribution in [0.15, 0.2) is 18.2 Å². The Bertz CT molecular complexity index is 423. The van der Waals surface area contributed by atoms with Gasteiger partial charge < -0.3 is 10.2 Å². The molecule has 1 aromatic carbocycles. The largest absolute Gasteiger partial charge is 0.396 e. The Hall–Kier alpha value is -1.50. The Morgan fingerprint density at radius 3 is 2.58 bits per heavy atom. The van der Waals surface area contributed by atoms with E-state index >= 15 is 0 Å². The second-order valence-corrected chi connectivity index (χ2v) is 4.40. The van der Waals surface area contributed by atoms with Gasteiger partial charge in [0.2, 0.25) is 0 Å². The Kier molecular flexibility index (Phi) is 6.41. The number of hydrogen-bond acceptors (Lipinski definition) is 5. The van der Waals surface area contributed by atoms with Crippen LogP contribution < -0.4 is 0 Å². The van der Waals surface area contributed by atoms with Gasteiger partial charge in [-0.3, -0.25) is 15.0 Å². The standard InChI is InChI=1S/C13H20N2O4/c1-11-12(4-2-5-13(11)15(18)19)10-14(7-9-17)6-3-8-16/h2,4-5,16-17H,3,6-10H2,1H3. The molecule has 106 valence electrons. The molecule has 0 aliphatic rings. The van der Waals surface area contributed by atoms with Gasteiger partial charge in [-0.15, -0.1) is 0 Å². The predicted octanol–water partition coefficient (Wildman–Crippen LogP) is 1.08. The highest BCUT2D eigenvalue weighted by Crippen LogP contribution is 2.22. The molecule has 19 heavy (non-hydrogen) atoms. The van der Waals surface area contributed by atoms with Crippen LogP contribution in [0.5, 0.6) is 0 Å². The number of nitro groups is 1. The molecule has 2 N–H and O–H groups in total. The fourth-order valence-corrected chi connectivity index (χ4v) is 1.99. The van der Waals surface area contributed by atoms with E-state index in [-0.39, 0.29) is 23.8 Å². The molecule has 0 aliphatic heterocycles. The Morgan fingerprint density at radius 2 is 2.00 bits per heavy atom. The van der Waals surface area contributed by atoms with Crippen molar-refractivity contribution in [2.75, 3.05) is 26.3 Å². The maximum Gasteiger partial charge on any atom is 0.272 e. The molecule has 0 saturated carbocycles. The molecule has 0 fully saturated rings. The van der Waals surface area contributed by atoms with Crippen molar-refractivity contribution in [1.29, 1.82) is 0 Å². The summed E-state index contributed by atoms with van der Waals surface area (Å²) in [6.45, 7) is 3.53. The van der Waals surface area contributed by atoms with Gasteiger partial charge in [0.25, 0.3) is 5.69 Å². The molecule has 0 bridgehead atoms. The first-order chi connectivity index (χ1) is 9.10. The number of nitrogens with zero attached hydrogens (tertiary/aromatic N) is 2. The summed E-state index contributed by atoms with van der Waals surface area (Å²) in [6, 6.07) is 5.01. The van der Waals surface area contributed by atoms with E-state index in [1.54, 1.807) is 13.0 Å². The fourth-order valence-electron chi connectivity index (χ4n) is 1.99. The number of benzene rings is 1. The highest BCUT2D eigenvalue weighted by Gasteiger charge is 2.15. The van der Waals surface area contributed by atoms with Crippen LogP contribution in [0.4, 0.5) is 5.69 Å². The zero-order valence-corrected chi connectivity index (χ0v) is 11.1. The van der Waals surface area contributed by atoms with Gasteiger partial charge in [-0.2, -0.15) is 0 Å². The smallest absolute Gasteiger partial charge is 0.272 e. The summed E-state index contributed by atoms with van der Waals surface area (Å²) in [4.78, 5) is 12.5. The number of aliphatic hydroxyl groups is 2. The SMILES string of the molecule is Cc1c(CN(CCO)CCCO)cccc1[N+](=O)[O-]. The van der Waals surface area contributed by atoms with E-state index in [9.17, 15) is 10.1 Å². The van der Waals surface area contributed by atoms with Gasteiger partial charge in [-0.05, 0) is 18.9 Å². The van der Waals surface area contributed by atoms with E-state index in [1.807, 2.05) is 11.0 Å². The van der Waals surface area contributed by atoms with Crippen LogP contribution in [0.2, 0.25) is 0 Å². The molecule has 1 rings (SSSR count). The quantitative estimate of drug-likeness (QED) is 0.544. The third-order valence-electron chi connectivity index (χ3n) is 3.06. The lowest BCUT2D eigenvalue weighted by atomic mass is 10.1. The molecule has 0 amide bonds. The van der Waals surface area contributed by atoms with Crippen molar-refractivity contribution in [3.05, 3.63) is 39.4 Å². The molecule has 0 spiro atoms. The van der Waals surface area contributed by atoms with Crippen molar-refractivity contribution in [3.8, 4) is 0 Å². The monoisotopic (exact) mass is 268 g/mol. The van der Waals surface area contributed by atoms with Crippen molar-refractivity contribution < 1.29 is 15.1 Å². The summed E-state index contributed by atoms with van der Waals surface area (Å²) in [6.07, 6.45) is 0.619. The third kappa shape index (κ3) is 4.59. The van der Waals surface area contributed by atoms with Gasteiger partial charge in [0, 0.05) is 37.9 Å². The molecule has 0 heterocycles. The van der Waals surface area contributed by atoms with Crippen molar-refractivity contribution >= 4 is 5.69 Å². The summed E-state index contributed by atoms with van der Waals surface area (Å²) in [7, 11) is 0. The van der Waals surface area contributed by atoms with Crippen LogP contribution in [0.25, 0.3) is 0 Å². The molecule has 6 nitrogen and oxygen atoms in total. The maximum absolute atomic E-state index is 10.9. The van der Waals surface area contributed by atoms with Crippen LogP contribution in [-0.2, 0) is 6.54 Å². The van der Waals surface area contributed by atoms with E-state index in [4.69, 9.17) is 10.2 Å². The second-order valence-electron chi connectivity index (χ2n) is 4.40. The maximum atomic E-state index is 10.9. The molecule has 0 aliphatic carbocycles. The van der Waals surface area contributed by atoms with Crippen LogP contribution in [0, 0.1) is 17.0 Å². The van der Waals surface area contributed by atoms with Crippen molar-refractivity contribution in [1.82, 2.24) is 4.90 Å². The summed E-state index contributed by atoms with van der Waals surface area (Å²) in [5.74, 6) is 0. The number of hydrogen-bond donors (Lipinski definition) is 2. The summed E-state index contributed by atoms with van der Waals surface area (Å²) in [5.41, 5.74) is 1.64. The summed E-state index contributed by atoms with van der Waals surface area (Å²) >= 11 is 0. The van der Waals surface area contributed by atoms with Crippen LogP contribution in [0.3, 0.4) is 0 Å². The predicted molar refractivity (Wildman–Crippen MR) is 71.9 cm³/mol. The van der Waals surface area contributed by atoms with E-state index < -0.39 is 0 Å². The van der Waals surface area contributed by atoms with Crippen molar-refractivity contribution in [2.24, 2.45) is 0 Å². The lowest BCUT2D eigenvalue weighted by Crippen LogP contribution is -2.28. The highest BCUT2D eigenvalue weighted by atomic mass is 16.6. The Morgan fingerprint density at radius 1 is 1.26 bits per heavy atom. The van der Waals surface area contributed by atoms with Gasteiger partial charge in [0.05, 0.1) is 11.5 Å². The zero-order valence-electron chi connectivity index (χ0n) is 11.1. The van der Waals surface area contributed by atoms with E-state index in [1.165, 1.54) is 6.07 Å². The minimum Gasteiger partial charge on any atom is -0.396 e. The summed E-state index contributed by atoms with van der Waals surface area (Å²) in [5, 5.41) is 28.7. The molecular weight excluding hydrogens is 248 g/mol. The molecule has 0 radical (unpaired) electrons. The third-order valence-corrected chi connectivity index (χ3v) is 3.06. The number of aliphatic hydroxyl groups excluding tert-OH is 2. The molecule has 1 aromatic rings. The van der Waals surface area contributed by atoms with E-state index in [0.29, 0.717) is 31.6 Å². The Labute approximate surface area is 112 Å². The lowest BCUT2D eigenvalue weighted by Gasteiger charge is -2.21. The van der Waals surface area contributed by atoms with Crippen LogP contribution >= 0.6 is 0 Å². The van der Waals surface area contributed by atoms with E-state index in [0.717, 1.165) is 5.56 Å². The van der Waals surface area contributed by atoms with Crippen molar-refractivity contribution in [3.63, 3.8) is 0 Å². The molecule has 0 aromatic heterocycles. The second kappa shape index (κ2) is 7.83. The highest BCUT2D eigenvalue weighted by molar-refractivity contribution is 5.44. The minimum atomic E-state index is -0.386. The van der Waals surface area contributed by atoms with Gasteiger partial charge in [0.1, 0.15) is 0 Å². The van der Waals surface area contributed by atoms with Crippen molar-refractivity contribution in [2.45, 2.75) is 19.9 Å². The molecule has 0 unspecified atom stereocenters. The van der Waals surface area contributed by atoms with Crippen LogP contribution in [0.1, 0.15) is 17.5 Å². The molecule has 0 saturated heterocycles. The van der Waals surface area contributed by atoms with Crippen LogP contribution in [-0.4, -0.2) is 46.3 Å². The summed E-state index contributed by atoms with van der Waals surface area (Å²) < 4.78 is 0. The first-order valence-corrected chi connectivity index (χ1v) is 6.27. The molecule has 0 atom stereocenters. The first kappa shape index (κ1) is 15.6. The minimum absolute atomic E-state index is 0.0272. The normalized spacial score (nSPS) is 10.9. The molecule has 6 heteroatoms. The fraction of sp³-hybridized carbons (Fsp3) is 0.538. The van der Waals surface area contributed by atoms with Gasteiger partial charge in [-0.25, -0.2) is 0 Å². The van der Waals surface area contributed by atoms with Gasteiger partial charge in [-0.1, -0.05) is 12.1 Å². The number of nitro benzene ring substituents is 1. The van der Waals surface area contributed by atoms with Gasteiger partial charge in [0.15, 0.2) is 0 Å². The zero-order chi connectivity index (χ0) is 14.3. The molecular formula is C13H20N2O4. The first-order valence-electron chi connectivity index (χ1n) is 6.27. The average molecular weight is 268 g/mol. The van der Waals surface area contributed by atoms with E-state index in [2.05, 4.69) is 0 Å². The Balaban J connectivity index is 2.83. The lowest BCUT2D eigenvalue weighted by molar-refractivity contribution is -0.385.